The fourth-order valence-corrected chi connectivity index (χ4v) is 6.96. The number of ketones is 1. The highest BCUT2D eigenvalue weighted by Crippen LogP contribution is 2.65. The maximum atomic E-state index is 14.2. The highest BCUT2D eigenvalue weighted by atomic mass is 16.6. The lowest BCUT2D eigenvalue weighted by molar-refractivity contribution is -0.145. The molecule has 1 aliphatic heterocycles. The molecule has 0 bridgehead atoms. The molecule has 1 saturated heterocycles. The summed E-state index contributed by atoms with van der Waals surface area (Å²) in [6.45, 7) is 16.6. The Morgan fingerprint density at radius 1 is 0.933 bits per heavy atom. The van der Waals surface area contributed by atoms with Crippen LogP contribution in [-0.2, 0) is 28.7 Å². The summed E-state index contributed by atoms with van der Waals surface area (Å²) in [5, 5.41) is 10.7. The number of fused-ring (bicyclic) bond motifs is 1. The van der Waals surface area contributed by atoms with Crippen LogP contribution in [0.1, 0.15) is 107 Å². The molecule has 5 amide bonds. The van der Waals surface area contributed by atoms with Crippen molar-refractivity contribution in [1.82, 2.24) is 26.2 Å². The summed E-state index contributed by atoms with van der Waals surface area (Å²) in [5.41, 5.74) is -1.42. The first-order chi connectivity index (χ1) is 20.8. The number of carbonyl (C=O) groups excluding carboxylic acids is 6. The minimum atomic E-state index is -1.11. The summed E-state index contributed by atoms with van der Waals surface area (Å²) in [6.07, 6.45) is 4.60. The lowest BCUT2D eigenvalue weighted by atomic mass is 9.83. The minimum absolute atomic E-state index is 0.0824. The topological polar surface area (TPSA) is 163 Å². The van der Waals surface area contributed by atoms with Gasteiger partial charge >= 0.3 is 6.09 Å². The van der Waals surface area contributed by atoms with Crippen LogP contribution < -0.4 is 21.3 Å². The number of ether oxygens (including phenoxy) is 1. The molecule has 3 rings (SSSR count). The number of alkyl carbamates (subject to hydrolysis) is 1. The van der Waals surface area contributed by atoms with Crippen LogP contribution in [0, 0.1) is 23.2 Å². The van der Waals surface area contributed by atoms with Gasteiger partial charge in [0, 0.05) is 12.1 Å². The van der Waals surface area contributed by atoms with Crippen molar-refractivity contribution >= 4 is 35.5 Å². The molecule has 1 heterocycles. The molecule has 12 nitrogen and oxygen atoms in total. The van der Waals surface area contributed by atoms with E-state index in [1.165, 1.54) is 0 Å². The van der Waals surface area contributed by atoms with E-state index in [-0.39, 0.29) is 42.0 Å². The number of Topliss-reactive ketones (excluding diaryl/α,β-unsaturated/α-hetero) is 1. The van der Waals surface area contributed by atoms with E-state index >= 15 is 0 Å². The number of amides is 5. The van der Waals surface area contributed by atoms with Gasteiger partial charge in [0.25, 0.3) is 5.91 Å². The Bertz CT molecular complexity index is 1150. The monoisotopic (exact) mass is 633 g/mol. The van der Waals surface area contributed by atoms with E-state index in [4.69, 9.17) is 4.74 Å². The number of rotatable bonds is 11. The van der Waals surface area contributed by atoms with Crippen molar-refractivity contribution in [3.63, 3.8) is 0 Å². The summed E-state index contributed by atoms with van der Waals surface area (Å²) in [4.78, 5) is 80.7. The summed E-state index contributed by atoms with van der Waals surface area (Å²) >= 11 is 0. The van der Waals surface area contributed by atoms with Gasteiger partial charge in [0.15, 0.2) is 0 Å². The van der Waals surface area contributed by atoms with Crippen LogP contribution in [0.2, 0.25) is 0 Å². The third-order valence-corrected chi connectivity index (χ3v) is 9.18. The number of likely N-dealkylation sites (tertiary alicyclic amines) is 1. The van der Waals surface area contributed by atoms with E-state index in [1.807, 2.05) is 6.92 Å². The first kappa shape index (κ1) is 36.3. The third-order valence-electron chi connectivity index (χ3n) is 9.18. The lowest BCUT2D eigenvalue weighted by Gasteiger charge is -2.37. The molecule has 0 spiro atoms. The van der Waals surface area contributed by atoms with Gasteiger partial charge in [-0.3, -0.25) is 24.0 Å². The van der Waals surface area contributed by atoms with Crippen molar-refractivity contribution in [2.24, 2.45) is 23.2 Å². The highest BCUT2D eigenvalue weighted by molar-refractivity contribution is 6.38. The fraction of sp³-hybridized carbons (Fsp3) is 0.818. The largest absolute Gasteiger partial charge is 0.444 e. The van der Waals surface area contributed by atoms with E-state index in [9.17, 15) is 28.8 Å². The second-order valence-electron chi connectivity index (χ2n) is 15.6. The molecule has 2 aliphatic carbocycles. The van der Waals surface area contributed by atoms with Crippen LogP contribution in [0.25, 0.3) is 0 Å². The zero-order valence-electron chi connectivity index (χ0n) is 28.6. The molecule has 0 aromatic rings. The van der Waals surface area contributed by atoms with E-state index in [0.29, 0.717) is 13.0 Å². The normalized spacial score (nSPS) is 24.0. The molecule has 4 N–H and O–H groups in total. The number of carbonyl (C=O) groups is 6. The van der Waals surface area contributed by atoms with E-state index in [1.54, 1.807) is 46.4 Å². The average molecular weight is 634 g/mol. The fourth-order valence-electron chi connectivity index (χ4n) is 6.96. The van der Waals surface area contributed by atoms with Gasteiger partial charge in [-0.05, 0) is 84.0 Å². The van der Waals surface area contributed by atoms with Gasteiger partial charge in [-0.2, -0.15) is 0 Å². The maximum absolute atomic E-state index is 14.2. The molecule has 254 valence electrons. The van der Waals surface area contributed by atoms with Crippen LogP contribution >= 0.6 is 0 Å². The second kappa shape index (κ2) is 14.1. The van der Waals surface area contributed by atoms with E-state index in [2.05, 4.69) is 35.1 Å². The van der Waals surface area contributed by atoms with Gasteiger partial charge in [0.1, 0.15) is 17.7 Å². The Labute approximate surface area is 267 Å². The Balaban J connectivity index is 1.78. The molecular formula is C33H55N5O7. The molecule has 0 radical (unpaired) electrons. The van der Waals surface area contributed by atoms with Crippen molar-refractivity contribution in [2.45, 2.75) is 137 Å². The Kier molecular flexibility index (Phi) is 11.3. The van der Waals surface area contributed by atoms with Gasteiger partial charge in [0.2, 0.25) is 23.5 Å². The van der Waals surface area contributed by atoms with E-state index < -0.39 is 58.9 Å². The SMILES string of the molecule is CCCC(NC(=O)[C@@H]1C2C(CN1C(=O)C(NC(=O)OC(C)(C)C)C1CCCCC1)C2(C)C)C(=O)C(=O)NCC(=O)NC(C)(C)C. The first-order valence-electron chi connectivity index (χ1n) is 16.5. The summed E-state index contributed by atoms with van der Waals surface area (Å²) in [5.74, 6) is -3.17. The zero-order chi connectivity index (χ0) is 33.9. The molecule has 3 fully saturated rings. The van der Waals surface area contributed by atoms with Crippen molar-refractivity contribution < 1.29 is 33.5 Å². The average Bonchev–Trinajstić information content (AvgIpc) is 3.24. The summed E-state index contributed by atoms with van der Waals surface area (Å²) in [7, 11) is 0. The molecule has 0 aromatic carbocycles. The number of hydrogen-bond donors (Lipinski definition) is 4. The van der Waals surface area contributed by atoms with Crippen LogP contribution in [0.3, 0.4) is 0 Å². The Morgan fingerprint density at radius 2 is 1.56 bits per heavy atom. The van der Waals surface area contributed by atoms with Crippen LogP contribution in [0.15, 0.2) is 0 Å². The number of piperidine rings is 1. The number of hydrogen-bond acceptors (Lipinski definition) is 7. The van der Waals surface area contributed by atoms with Gasteiger partial charge in [-0.25, -0.2) is 4.79 Å². The quantitative estimate of drug-likeness (QED) is 0.254. The highest BCUT2D eigenvalue weighted by Gasteiger charge is 2.69. The molecule has 4 unspecified atom stereocenters. The Hall–Kier alpha value is -3.18. The summed E-state index contributed by atoms with van der Waals surface area (Å²) < 4.78 is 5.50. The molecule has 12 heteroatoms. The van der Waals surface area contributed by atoms with Crippen molar-refractivity contribution in [1.29, 1.82) is 0 Å². The summed E-state index contributed by atoms with van der Waals surface area (Å²) in [6, 6.07) is -2.80. The standard InChI is InChI=1S/C33H55N5O7/c1-10-14-21(26(40)28(42)34-17-22(39)37-31(2,3)4)35-27(41)25-23-20(33(23,8)9)18-38(25)29(43)24(19-15-12-11-13-16-19)36-30(44)45-32(5,6)7/h19-21,23-25H,10-18H2,1-9H3,(H,34,42)(H,35,41)(H,36,44)(H,37,39)/t20?,21?,23?,24?,25-/m0/s1. The number of nitrogens with one attached hydrogen (secondary N) is 4. The van der Waals surface area contributed by atoms with Crippen molar-refractivity contribution in [3.8, 4) is 0 Å². The van der Waals surface area contributed by atoms with Gasteiger partial charge in [0.05, 0.1) is 12.6 Å². The van der Waals surface area contributed by atoms with Crippen LogP contribution in [-0.4, -0.2) is 82.8 Å². The van der Waals surface area contributed by atoms with Gasteiger partial charge < -0.3 is 30.9 Å². The molecular weight excluding hydrogens is 578 g/mol. The smallest absolute Gasteiger partial charge is 0.408 e. The predicted octanol–water partition coefficient (Wildman–Crippen LogP) is 2.83. The predicted molar refractivity (Wildman–Crippen MR) is 169 cm³/mol. The minimum Gasteiger partial charge on any atom is -0.444 e. The van der Waals surface area contributed by atoms with Crippen molar-refractivity contribution in [2.75, 3.05) is 13.1 Å². The van der Waals surface area contributed by atoms with Gasteiger partial charge in [-0.15, -0.1) is 0 Å². The Morgan fingerprint density at radius 3 is 2.11 bits per heavy atom. The van der Waals surface area contributed by atoms with E-state index in [0.717, 1.165) is 32.1 Å². The molecule has 5 atom stereocenters. The molecule has 3 aliphatic rings. The van der Waals surface area contributed by atoms with Gasteiger partial charge in [-0.1, -0.05) is 46.5 Å². The second-order valence-corrected chi connectivity index (χ2v) is 15.6. The maximum Gasteiger partial charge on any atom is 0.408 e. The zero-order valence-corrected chi connectivity index (χ0v) is 28.6. The van der Waals surface area contributed by atoms with Crippen LogP contribution in [0.5, 0.6) is 0 Å². The first-order valence-corrected chi connectivity index (χ1v) is 16.5. The molecule has 45 heavy (non-hydrogen) atoms. The van der Waals surface area contributed by atoms with Crippen molar-refractivity contribution in [3.05, 3.63) is 0 Å². The molecule has 2 saturated carbocycles. The third kappa shape index (κ3) is 9.42. The lowest BCUT2D eigenvalue weighted by Crippen LogP contribution is -2.60. The van der Waals surface area contributed by atoms with Crippen LogP contribution in [0.4, 0.5) is 4.79 Å². The molecule has 0 aromatic heterocycles. The number of nitrogens with zero attached hydrogens (tertiary/aromatic N) is 1.